The summed E-state index contributed by atoms with van der Waals surface area (Å²) in [7, 11) is -8.01. The van der Waals surface area contributed by atoms with E-state index in [1.165, 1.54) is 54.4 Å². The van der Waals surface area contributed by atoms with Gasteiger partial charge in [-0.3, -0.25) is 4.31 Å². The van der Waals surface area contributed by atoms with Gasteiger partial charge in [0.2, 0.25) is 16.0 Å². The fourth-order valence-electron chi connectivity index (χ4n) is 3.07. The summed E-state index contributed by atoms with van der Waals surface area (Å²) in [4.78, 5) is 11.5. The van der Waals surface area contributed by atoms with Crippen molar-refractivity contribution >= 4 is 43.3 Å². The van der Waals surface area contributed by atoms with Gasteiger partial charge in [-0.2, -0.15) is 31.3 Å². The van der Waals surface area contributed by atoms with E-state index in [9.17, 15) is 43.2 Å². The van der Waals surface area contributed by atoms with E-state index in [1.54, 1.807) is 0 Å². The second-order valence-electron chi connectivity index (χ2n) is 8.12. The van der Waals surface area contributed by atoms with Crippen LogP contribution in [0.4, 0.5) is 49.6 Å². The van der Waals surface area contributed by atoms with Crippen molar-refractivity contribution in [3.05, 3.63) is 65.5 Å². The van der Waals surface area contributed by atoms with Gasteiger partial charge in [0.15, 0.2) is 0 Å². The van der Waals surface area contributed by atoms with E-state index in [-0.39, 0.29) is 35.1 Å². The van der Waals surface area contributed by atoms with Crippen LogP contribution in [0, 0.1) is 0 Å². The van der Waals surface area contributed by atoms with Gasteiger partial charge in [-0.1, -0.05) is 18.2 Å². The van der Waals surface area contributed by atoms with Crippen LogP contribution in [0.2, 0.25) is 0 Å². The highest BCUT2D eigenvalue weighted by molar-refractivity contribution is 7.92. The summed E-state index contributed by atoms with van der Waals surface area (Å²) in [5.74, 6) is -0.906. The topological polar surface area (TPSA) is 146 Å². The van der Waals surface area contributed by atoms with Gasteiger partial charge in [0.05, 0.1) is 6.26 Å². The van der Waals surface area contributed by atoms with E-state index in [1.807, 2.05) is 0 Å². The van der Waals surface area contributed by atoms with E-state index in [4.69, 9.17) is 0 Å². The summed E-state index contributed by atoms with van der Waals surface area (Å²) < 4.78 is 127. The lowest BCUT2D eigenvalue weighted by Gasteiger charge is -2.20. The molecule has 0 amide bonds. The van der Waals surface area contributed by atoms with Crippen molar-refractivity contribution in [3.8, 4) is 0 Å². The van der Waals surface area contributed by atoms with Crippen LogP contribution in [0.15, 0.2) is 48.8 Å². The Balaban J connectivity index is 1.80. The number of hydrogen-bond acceptors (Lipinski definition) is 9. The first-order chi connectivity index (χ1) is 18.4. The first-order valence-electron chi connectivity index (χ1n) is 10.9. The number of alkyl halides is 6. The zero-order valence-corrected chi connectivity index (χ0v) is 22.2. The number of benzene rings is 1. The Morgan fingerprint density at radius 2 is 1.57 bits per heavy atom. The number of rotatable bonds is 10. The Hall–Kier alpha value is -3.71. The summed E-state index contributed by atoms with van der Waals surface area (Å²) in [5.41, 5.74) is -6.01. The molecule has 0 fully saturated rings. The Morgan fingerprint density at radius 1 is 0.925 bits per heavy atom. The minimum absolute atomic E-state index is 0.00363. The predicted molar refractivity (Wildman–Crippen MR) is 133 cm³/mol. The molecule has 11 nitrogen and oxygen atoms in total. The van der Waals surface area contributed by atoms with E-state index >= 15 is 0 Å². The third-order valence-corrected chi connectivity index (χ3v) is 7.49. The highest BCUT2D eigenvalue weighted by atomic mass is 32.2. The van der Waals surface area contributed by atoms with E-state index in [0.717, 1.165) is 10.6 Å². The van der Waals surface area contributed by atoms with Gasteiger partial charge in [-0.25, -0.2) is 31.5 Å². The Kier molecular flexibility index (Phi) is 8.80. The Bertz CT molecular complexity index is 1570. The van der Waals surface area contributed by atoms with Gasteiger partial charge < -0.3 is 10.6 Å². The Morgan fingerprint density at radius 3 is 2.15 bits per heavy atom. The van der Waals surface area contributed by atoms with Crippen LogP contribution in [-0.4, -0.2) is 50.6 Å². The number of halogens is 6. The fraction of sp³-hybridized carbons (Fsp3) is 0.286. The van der Waals surface area contributed by atoms with Crippen LogP contribution >= 0.6 is 0 Å². The van der Waals surface area contributed by atoms with E-state index in [0.29, 0.717) is 6.20 Å². The quantitative estimate of drug-likeness (QED) is 0.292. The zero-order valence-electron chi connectivity index (χ0n) is 20.5. The number of aromatic nitrogens is 3. The molecule has 40 heavy (non-hydrogen) atoms. The lowest BCUT2D eigenvalue weighted by molar-refractivity contribution is -0.137. The molecule has 0 aliphatic carbocycles. The van der Waals surface area contributed by atoms with Crippen molar-refractivity contribution in [2.75, 3.05) is 28.2 Å². The van der Waals surface area contributed by atoms with Gasteiger partial charge in [0, 0.05) is 43.8 Å². The number of anilines is 4. The molecule has 3 rings (SSSR count). The van der Waals surface area contributed by atoms with Gasteiger partial charge in [0.1, 0.15) is 17.2 Å². The summed E-state index contributed by atoms with van der Waals surface area (Å²) in [6.45, 7) is -0.942. The molecule has 19 heteroatoms. The largest absolute Gasteiger partial charge is 0.511 e. The second-order valence-corrected chi connectivity index (χ2v) is 11.9. The lowest BCUT2D eigenvalue weighted by Crippen LogP contribution is -2.35. The first kappa shape index (κ1) is 30.8. The second kappa shape index (κ2) is 11.4. The molecule has 218 valence electrons. The average Bonchev–Trinajstić information content (AvgIpc) is 2.85. The van der Waals surface area contributed by atoms with Crippen LogP contribution < -0.4 is 19.7 Å². The zero-order chi connectivity index (χ0) is 29.9. The summed E-state index contributed by atoms with van der Waals surface area (Å²) >= 11 is 0. The molecular weight excluding hydrogens is 592 g/mol. The number of nitrogens with one attached hydrogen (secondary N) is 3. The van der Waals surface area contributed by atoms with Gasteiger partial charge >= 0.3 is 21.7 Å². The molecule has 0 radical (unpaired) electrons. The number of hydrogen-bond donors (Lipinski definition) is 3. The van der Waals surface area contributed by atoms with Gasteiger partial charge in [-0.05, 0) is 23.8 Å². The van der Waals surface area contributed by atoms with E-state index < -0.39 is 49.7 Å². The highest BCUT2D eigenvalue weighted by Gasteiger charge is 2.45. The fourth-order valence-corrected chi connectivity index (χ4v) is 4.07. The molecule has 0 bridgehead atoms. The van der Waals surface area contributed by atoms with Crippen molar-refractivity contribution in [2.45, 2.75) is 24.8 Å². The molecule has 2 heterocycles. The molecule has 3 aromatic rings. The van der Waals surface area contributed by atoms with Crippen molar-refractivity contribution < 1.29 is 43.2 Å². The molecule has 0 aliphatic heterocycles. The Labute approximate surface area is 224 Å². The van der Waals surface area contributed by atoms with Gasteiger partial charge in [0.25, 0.3) is 0 Å². The van der Waals surface area contributed by atoms with Crippen molar-refractivity contribution in [2.24, 2.45) is 0 Å². The summed E-state index contributed by atoms with van der Waals surface area (Å²) in [6.07, 6.45) is -2.04. The molecule has 0 saturated carbocycles. The monoisotopic (exact) mass is 613 g/mol. The standard InChI is InChI=1S/C21H21F6N7O4S2/c1-34(39(2,35)36)18-14(4-3-9-28-18)11-29-17-16(20(22,23)24)12-30-19(33-17)32-15-7-5-13(6-8-15)10-31-40(37,38)21(25,26)27/h3-9,12,31H,10-11H2,1-2H3,(H2,29,30,32,33). The molecule has 0 spiro atoms. The molecule has 0 atom stereocenters. The third-order valence-electron chi connectivity index (χ3n) is 5.18. The maximum atomic E-state index is 13.6. The maximum Gasteiger partial charge on any atom is 0.511 e. The molecule has 0 saturated heterocycles. The van der Waals surface area contributed by atoms with Crippen molar-refractivity contribution in [1.82, 2.24) is 19.7 Å². The molecule has 0 aliphatic rings. The normalized spacial score (nSPS) is 12.7. The smallest absolute Gasteiger partial charge is 0.365 e. The van der Waals surface area contributed by atoms with Crippen molar-refractivity contribution in [3.63, 3.8) is 0 Å². The predicted octanol–water partition coefficient (Wildman–Crippen LogP) is 3.58. The SMILES string of the molecule is CN(c1ncccc1CNc1nc(Nc2ccc(CNS(=O)(=O)C(F)(F)F)cc2)ncc1C(F)(F)F)S(C)(=O)=O. The van der Waals surface area contributed by atoms with Crippen LogP contribution in [0.25, 0.3) is 0 Å². The van der Waals surface area contributed by atoms with Crippen molar-refractivity contribution in [1.29, 1.82) is 0 Å². The van der Waals surface area contributed by atoms with Crippen LogP contribution in [0.5, 0.6) is 0 Å². The summed E-state index contributed by atoms with van der Waals surface area (Å²) in [6, 6.07) is 8.18. The molecule has 1 aromatic carbocycles. The third kappa shape index (κ3) is 7.69. The minimum atomic E-state index is -5.54. The first-order valence-corrected chi connectivity index (χ1v) is 14.2. The van der Waals surface area contributed by atoms with Gasteiger partial charge in [-0.15, -0.1) is 0 Å². The number of pyridine rings is 1. The highest BCUT2D eigenvalue weighted by Crippen LogP contribution is 2.34. The molecule has 3 N–H and O–H groups in total. The molecule has 2 aromatic heterocycles. The van der Waals surface area contributed by atoms with Crippen LogP contribution in [0.3, 0.4) is 0 Å². The van der Waals surface area contributed by atoms with Crippen LogP contribution in [-0.2, 0) is 39.3 Å². The lowest BCUT2D eigenvalue weighted by atomic mass is 10.2. The molecule has 0 unspecified atom stereocenters. The minimum Gasteiger partial charge on any atom is -0.365 e. The maximum absolute atomic E-state index is 13.6. The average molecular weight is 614 g/mol. The number of nitrogens with zero attached hydrogens (tertiary/aromatic N) is 4. The summed E-state index contributed by atoms with van der Waals surface area (Å²) in [5, 5.41) is 5.18. The van der Waals surface area contributed by atoms with Crippen LogP contribution in [0.1, 0.15) is 16.7 Å². The van der Waals surface area contributed by atoms with E-state index in [2.05, 4.69) is 25.6 Å². The number of sulfonamides is 2. The molecular formula is C21H21F6N7O4S2.